The Morgan fingerprint density at radius 3 is 2.71 bits per heavy atom. The van der Waals surface area contributed by atoms with E-state index in [4.69, 9.17) is 5.73 Å². The number of aryl methyl sites for hydroxylation is 1. The lowest BCUT2D eigenvalue weighted by molar-refractivity contribution is -0.127. The number of nitrogens with two attached hydrogens (primary N) is 1. The highest BCUT2D eigenvalue weighted by Crippen LogP contribution is 2.32. The van der Waals surface area contributed by atoms with E-state index in [0.29, 0.717) is 12.5 Å². The molecule has 21 heavy (non-hydrogen) atoms. The maximum atomic E-state index is 12.5. The van der Waals surface area contributed by atoms with Crippen LogP contribution in [0.15, 0.2) is 24.3 Å². The van der Waals surface area contributed by atoms with Crippen molar-refractivity contribution in [1.29, 1.82) is 0 Å². The molecule has 1 aromatic carbocycles. The van der Waals surface area contributed by atoms with Crippen LogP contribution in [0.3, 0.4) is 0 Å². The standard InChI is InChI=1S/C17H26N2O.ClH/c1-12-6-4-8-14(10-12)17(2,3)19-16(20)15-9-5-7-13(15)11-18;/h4,6,8,10,13,15H,5,7,9,11,18H2,1-3H3,(H,19,20);1H/t13-,15-;/m1./s1. The molecule has 2 atom stereocenters. The van der Waals surface area contributed by atoms with Crippen molar-refractivity contribution < 1.29 is 4.79 Å². The predicted molar refractivity (Wildman–Crippen MR) is 89.5 cm³/mol. The molecule has 0 aliphatic heterocycles. The molecular weight excluding hydrogens is 284 g/mol. The molecule has 4 heteroatoms. The summed E-state index contributed by atoms with van der Waals surface area (Å²) >= 11 is 0. The smallest absolute Gasteiger partial charge is 0.224 e. The summed E-state index contributed by atoms with van der Waals surface area (Å²) in [6.45, 7) is 6.81. The number of halogens is 1. The Kier molecular flexibility index (Phi) is 6.24. The predicted octanol–water partition coefficient (Wildman–Crippen LogP) is 3.14. The van der Waals surface area contributed by atoms with E-state index in [9.17, 15) is 4.79 Å². The van der Waals surface area contributed by atoms with Crippen LogP contribution in [0.5, 0.6) is 0 Å². The molecule has 1 aliphatic carbocycles. The number of nitrogens with one attached hydrogen (secondary N) is 1. The van der Waals surface area contributed by atoms with Crippen molar-refractivity contribution in [3.8, 4) is 0 Å². The Balaban J connectivity index is 0.00000220. The summed E-state index contributed by atoms with van der Waals surface area (Å²) in [7, 11) is 0. The van der Waals surface area contributed by atoms with Crippen molar-refractivity contribution in [3.05, 3.63) is 35.4 Å². The Labute approximate surface area is 134 Å². The van der Waals surface area contributed by atoms with Gasteiger partial charge in [-0.15, -0.1) is 12.4 Å². The molecule has 0 saturated heterocycles. The molecule has 1 amide bonds. The van der Waals surface area contributed by atoms with E-state index in [1.54, 1.807) is 0 Å². The fraction of sp³-hybridized carbons (Fsp3) is 0.588. The molecule has 0 spiro atoms. The van der Waals surface area contributed by atoms with Gasteiger partial charge in [0.05, 0.1) is 5.54 Å². The molecule has 1 aromatic rings. The molecule has 1 saturated carbocycles. The summed E-state index contributed by atoms with van der Waals surface area (Å²) < 4.78 is 0. The van der Waals surface area contributed by atoms with Gasteiger partial charge in [0.25, 0.3) is 0 Å². The van der Waals surface area contributed by atoms with E-state index in [0.717, 1.165) is 24.8 Å². The highest BCUT2D eigenvalue weighted by molar-refractivity contribution is 5.85. The minimum atomic E-state index is -0.342. The summed E-state index contributed by atoms with van der Waals surface area (Å²) in [6, 6.07) is 8.32. The fourth-order valence-electron chi connectivity index (χ4n) is 3.17. The summed E-state index contributed by atoms with van der Waals surface area (Å²) in [5.41, 5.74) is 7.79. The maximum absolute atomic E-state index is 12.5. The summed E-state index contributed by atoms with van der Waals surface area (Å²) in [5, 5.41) is 3.21. The van der Waals surface area contributed by atoms with Gasteiger partial charge in [0.15, 0.2) is 0 Å². The third-order valence-corrected chi connectivity index (χ3v) is 4.47. The minimum Gasteiger partial charge on any atom is -0.347 e. The third kappa shape index (κ3) is 4.21. The van der Waals surface area contributed by atoms with Gasteiger partial charge < -0.3 is 11.1 Å². The monoisotopic (exact) mass is 310 g/mol. The van der Waals surface area contributed by atoms with Gasteiger partial charge >= 0.3 is 0 Å². The average molecular weight is 311 g/mol. The van der Waals surface area contributed by atoms with Gasteiger partial charge in [0, 0.05) is 5.92 Å². The van der Waals surface area contributed by atoms with Gasteiger partial charge in [-0.3, -0.25) is 4.79 Å². The molecule has 0 bridgehead atoms. The zero-order valence-electron chi connectivity index (χ0n) is 13.2. The lowest BCUT2D eigenvalue weighted by Gasteiger charge is -2.30. The molecule has 0 aromatic heterocycles. The minimum absolute atomic E-state index is 0. The second kappa shape index (κ2) is 7.28. The molecule has 1 fully saturated rings. The number of carbonyl (C=O) groups excluding carboxylic acids is 1. The quantitative estimate of drug-likeness (QED) is 0.897. The molecule has 118 valence electrons. The highest BCUT2D eigenvalue weighted by Gasteiger charge is 2.34. The first-order valence-corrected chi connectivity index (χ1v) is 7.53. The van der Waals surface area contributed by atoms with Crippen molar-refractivity contribution in [1.82, 2.24) is 5.32 Å². The first-order chi connectivity index (χ1) is 9.44. The fourth-order valence-corrected chi connectivity index (χ4v) is 3.17. The van der Waals surface area contributed by atoms with Gasteiger partial charge in [-0.2, -0.15) is 0 Å². The van der Waals surface area contributed by atoms with Gasteiger partial charge in [-0.05, 0) is 51.6 Å². The SMILES string of the molecule is Cc1cccc(C(C)(C)NC(=O)[C@@H]2CCC[C@@H]2CN)c1.Cl. The van der Waals surface area contributed by atoms with Crippen LogP contribution in [0.25, 0.3) is 0 Å². The Morgan fingerprint density at radius 2 is 2.10 bits per heavy atom. The molecule has 1 aliphatic rings. The van der Waals surface area contributed by atoms with Crippen LogP contribution in [0.4, 0.5) is 0 Å². The van der Waals surface area contributed by atoms with Crippen molar-refractivity contribution >= 4 is 18.3 Å². The molecule has 3 nitrogen and oxygen atoms in total. The van der Waals surface area contributed by atoms with Crippen LogP contribution in [-0.4, -0.2) is 12.5 Å². The largest absolute Gasteiger partial charge is 0.347 e. The van der Waals surface area contributed by atoms with Gasteiger partial charge in [0.1, 0.15) is 0 Å². The van der Waals surface area contributed by atoms with Crippen molar-refractivity contribution in [2.45, 2.75) is 45.6 Å². The Hall–Kier alpha value is -1.06. The summed E-state index contributed by atoms with van der Waals surface area (Å²) in [4.78, 5) is 12.5. The number of hydrogen-bond acceptors (Lipinski definition) is 2. The summed E-state index contributed by atoms with van der Waals surface area (Å²) in [5.74, 6) is 0.594. The number of carbonyl (C=O) groups is 1. The zero-order valence-corrected chi connectivity index (χ0v) is 14.0. The molecule has 2 rings (SSSR count). The average Bonchev–Trinajstić information content (AvgIpc) is 2.86. The van der Waals surface area contributed by atoms with Crippen molar-refractivity contribution in [2.75, 3.05) is 6.54 Å². The van der Waals surface area contributed by atoms with Crippen LogP contribution < -0.4 is 11.1 Å². The van der Waals surface area contributed by atoms with E-state index in [1.165, 1.54) is 5.56 Å². The third-order valence-electron chi connectivity index (χ3n) is 4.47. The first kappa shape index (κ1) is 18.0. The number of hydrogen-bond donors (Lipinski definition) is 2. The van der Waals surface area contributed by atoms with Crippen LogP contribution in [-0.2, 0) is 10.3 Å². The van der Waals surface area contributed by atoms with Crippen molar-refractivity contribution in [2.24, 2.45) is 17.6 Å². The van der Waals surface area contributed by atoms with Crippen molar-refractivity contribution in [3.63, 3.8) is 0 Å². The molecule has 3 N–H and O–H groups in total. The van der Waals surface area contributed by atoms with Crippen LogP contribution in [0, 0.1) is 18.8 Å². The lowest BCUT2D eigenvalue weighted by atomic mass is 9.90. The zero-order chi connectivity index (χ0) is 14.8. The van der Waals surface area contributed by atoms with Gasteiger partial charge in [-0.25, -0.2) is 0 Å². The number of benzene rings is 1. The normalized spacial score (nSPS) is 21.7. The Bertz CT molecular complexity index is 487. The maximum Gasteiger partial charge on any atom is 0.224 e. The Morgan fingerprint density at radius 1 is 1.38 bits per heavy atom. The van der Waals surface area contributed by atoms with E-state index in [-0.39, 0.29) is 29.8 Å². The van der Waals surface area contributed by atoms with Crippen LogP contribution in [0.1, 0.15) is 44.2 Å². The highest BCUT2D eigenvalue weighted by atomic mass is 35.5. The second-order valence-electron chi connectivity index (χ2n) is 6.52. The molecule has 0 radical (unpaired) electrons. The van der Waals surface area contributed by atoms with Crippen LogP contribution in [0.2, 0.25) is 0 Å². The molecular formula is C17H27ClN2O. The van der Waals surface area contributed by atoms with E-state index < -0.39 is 0 Å². The van der Waals surface area contributed by atoms with E-state index in [1.807, 2.05) is 6.07 Å². The van der Waals surface area contributed by atoms with E-state index >= 15 is 0 Å². The van der Waals surface area contributed by atoms with Gasteiger partial charge in [0.2, 0.25) is 5.91 Å². The molecule has 0 unspecified atom stereocenters. The van der Waals surface area contributed by atoms with E-state index in [2.05, 4.69) is 44.3 Å². The van der Waals surface area contributed by atoms with Gasteiger partial charge in [-0.1, -0.05) is 36.2 Å². The second-order valence-corrected chi connectivity index (χ2v) is 6.52. The summed E-state index contributed by atoms with van der Waals surface area (Å²) in [6.07, 6.45) is 3.17. The first-order valence-electron chi connectivity index (χ1n) is 7.53. The number of amides is 1. The number of rotatable bonds is 4. The van der Waals surface area contributed by atoms with Crippen LogP contribution >= 0.6 is 12.4 Å². The molecule has 0 heterocycles. The lowest BCUT2D eigenvalue weighted by Crippen LogP contribution is -2.45. The topological polar surface area (TPSA) is 55.1 Å².